The maximum absolute atomic E-state index is 14.0. The van der Waals surface area contributed by atoms with Gasteiger partial charge in [-0.25, -0.2) is 0 Å². The van der Waals surface area contributed by atoms with Gasteiger partial charge in [-0.1, -0.05) is 26.5 Å². The van der Waals surface area contributed by atoms with Crippen molar-refractivity contribution in [3.05, 3.63) is 63.2 Å². The Kier molecular flexibility index (Phi) is 8.57. The lowest BCUT2D eigenvalue weighted by Crippen LogP contribution is -2.32. The Morgan fingerprint density at radius 3 is 2.36 bits per heavy atom. The number of Topliss-reactive ketones (excluding diaryl/α,β-unsaturated/α-hetero) is 1. The van der Waals surface area contributed by atoms with Gasteiger partial charge < -0.3 is 25.5 Å². The van der Waals surface area contributed by atoms with Crippen LogP contribution in [-0.4, -0.2) is 64.5 Å². The van der Waals surface area contributed by atoms with Gasteiger partial charge in [0.05, 0.1) is 30.6 Å². The molecule has 5 atom stereocenters. The number of carbonyl (C=O) groups excluding carboxylic acids is 4. The second-order valence-electron chi connectivity index (χ2n) is 12.3. The molecule has 11 nitrogen and oxygen atoms in total. The summed E-state index contributed by atoms with van der Waals surface area (Å²) in [5, 5.41) is 15.6. The normalized spacial score (nSPS) is 27.6. The summed E-state index contributed by atoms with van der Waals surface area (Å²) in [6, 6.07) is -0.529. The van der Waals surface area contributed by atoms with E-state index < -0.39 is 29.6 Å². The minimum absolute atomic E-state index is 0.106. The summed E-state index contributed by atoms with van der Waals surface area (Å²) in [6.45, 7) is 13.2. The Balaban J connectivity index is 1.63. The van der Waals surface area contributed by atoms with Gasteiger partial charge in [0.2, 0.25) is 5.91 Å². The van der Waals surface area contributed by atoms with Gasteiger partial charge in [-0.3, -0.25) is 29.0 Å². The summed E-state index contributed by atoms with van der Waals surface area (Å²) < 4.78 is 5.10. The van der Waals surface area contributed by atoms with Crippen LogP contribution in [0.2, 0.25) is 0 Å². The van der Waals surface area contributed by atoms with Gasteiger partial charge in [0, 0.05) is 64.8 Å². The van der Waals surface area contributed by atoms with E-state index in [2.05, 4.69) is 22.2 Å². The van der Waals surface area contributed by atoms with Gasteiger partial charge in [0.15, 0.2) is 5.78 Å². The molecule has 11 heteroatoms. The highest BCUT2D eigenvalue weighted by Gasteiger charge is 2.49. The number of nitrogens with zero attached hydrogens (tertiary/aromatic N) is 1. The lowest BCUT2D eigenvalue weighted by Gasteiger charge is -2.21. The van der Waals surface area contributed by atoms with Gasteiger partial charge >= 0.3 is 11.9 Å². The van der Waals surface area contributed by atoms with Crippen molar-refractivity contribution in [1.82, 2.24) is 15.6 Å². The monoisotopic (exact) mass is 616 g/mol. The smallest absolute Gasteiger partial charge is 0.321 e. The molecule has 0 saturated carbocycles. The summed E-state index contributed by atoms with van der Waals surface area (Å²) in [5.41, 5.74) is 7.06. The van der Waals surface area contributed by atoms with Crippen molar-refractivity contribution in [2.75, 3.05) is 7.11 Å². The number of carboxylic acid groups (broad SMARTS) is 1. The zero-order chi connectivity index (χ0) is 32.9. The van der Waals surface area contributed by atoms with E-state index in [-0.39, 0.29) is 42.7 Å². The Labute approximate surface area is 262 Å². The molecule has 1 aliphatic carbocycles. The van der Waals surface area contributed by atoms with Crippen molar-refractivity contribution in [1.29, 1.82) is 0 Å². The summed E-state index contributed by atoms with van der Waals surface area (Å²) in [7, 11) is 1.23. The average Bonchev–Trinajstić information content (AvgIpc) is 3.72. The third-order valence-electron chi connectivity index (χ3n) is 10.00. The van der Waals surface area contributed by atoms with Crippen molar-refractivity contribution in [3.8, 4) is 0 Å². The molecule has 4 heterocycles. The lowest BCUT2D eigenvalue weighted by molar-refractivity contribution is -0.142. The molecule has 3 aliphatic heterocycles. The third-order valence-corrected chi connectivity index (χ3v) is 10.00. The van der Waals surface area contributed by atoms with E-state index in [9.17, 15) is 29.1 Å². The van der Waals surface area contributed by atoms with Crippen LogP contribution in [0.25, 0.3) is 5.57 Å². The predicted molar refractivity (Wildman–Crippen MR) is 167 cm³/mol. The number of amides is 2. The van der Waals surface area contributed by atoms with E-state index in [1.165, 1.54) is 13.2 Å². The van der Waals surface area contributed by atoms with Crippen LogP contribution in [0.15, 0.2) is 45.6 Å². The standard InChI is InChI=1S/C34H40N4O7/c1-8-18-16(5)32(42)38-24(18)13-23-17(6)26-30(36-23)27(28(31(26)41)34(44)45-7)29-20(10-11-25(39)40)15(4)21(35-29)12-22-14(3)19(9-2)33(43)37-22/h9,15,20,22,24,28,36H,2,8,10-13H2,1,3-7H3,(H,37,43)(H,38,42)(H,39,40)/b29-27-/t15-,20-,22?,24?,28+/m0/s1. The first kappa shape index (κ1) is 31.9. The number of allylic oxidation sites excluding steroid dienone is 1. The minimum Gasteiger partial charge on any atom is -0.481 e. The van der Waals surface area contributed by atoms with E-state index >= 15 is 0 Å². The van der Waals surface area contributed by atoms with Crippen LogP contribution in [0.5, 0.6) is 0 Å². The number of esters is 1. The summed E-state index contributed by atoms with van der Waals surface area (Å²) in [4.78, 5) is 72.2. The van der Waals surface area contributed by atoms with E-state index in [1.54, 1.807) is 0 Å². The van der Waals surface area contributed by atoms with Crippen molar-refractivity contribution < 1.29 is 33.8 Å². The first-order chi connectivity index (χ1) is 21.3. The van der Waals surface area contributed by atoms with Gasteiger partial charge in [0.1, 0.15) is 5.92 Å². The van der Waals surface area contributed by atoms with E-state index in [0.29, 0.717) is 58.5 Å². The molecule has 4 N–H and O–H groups in total. The third kappa shape index (κ3) is 5.27. The fraction of sp³-hybridized carbons (Fsp3) is 0.471. The van der Waals surface area contributed by atoms with Crippen molar-refractivity contribution in [2.45, 2.75) is 78.8 Å². The highest BCUT2D eigenvalue weighted by atomic mass is 16.5. The number of H-pyrrole nitrogens is 1. The number of methoxy groups -OCH3 is 1. The van der Waals surface area contributed by atoms with Crippen molar-refractivity contribution in [2.24, 2.45) is 22.7 Å². The van der Waals surface area contributed by atoms with Crippen LogP contribution in [0, 0.1) is 24.7 Å². The predicted octanol–water partition coefficient (Wildman–Crippen LogP) is 3.75. The number of fused-ring (bicyclic) bond motifs is 1. The van der Waals surface area contributed by atoms with E-state index in [1.807, 2.05) is 34.6 Å². The highest BCUT2D eigenvalue weighted by Crippen LogP contribution is 2.48. The molecule has 0 aromatic carbocycles. The number of aromatic nitrogens is 1. The Morgan fingerprint density at radius 1 is 1.07 bits per heavy atom. The lowest BCUT2D eigenvalue weighted by atomic mass is 9.82. The number of hydrogen-bond acceptors (Lipinski definition) is 7. The molecule has 0 bridgehead atoms. The summed E-state index contributed by atoms with van der Waals surface area (Å²) in [6.07, 6.45) is 3.19. The number of carboxylic acids is 1. The zero-order valence-electron chi connectivity index (χ0n) is 26.6. The van der Waals surface area contributed by atoms with Crippen LogP contribution in [0.1, 0.15) is 80.7 Å². The fourth-order valence-electron chi connectivity index (χ4n) is 7.39. The second kappa shape index (κ2) is 12.1. The maximum atomic E-state index is 14.0. The molecule has 2 amide bonds. The number of aliphatic carboxylic acids is 1. The molecule has 0 radical (unpaired) electrons. The Bertz CT molecular complexity index is 1670. The molecule has 0 spiro atoms. The fourth-order valence-corrected chi connectivity index (χ4v) is 7.39. The Morgan fingerprint density at radius 2 is 1.76 bits per heavy atom. The largest absolute Gasteiger partial charge is 0.481 e. The SMILES string of the molecule is C=CC1=C(C)C(CC2=N/C(=C3\c4[nH]c(CC5NC(=O)C(C)=C5CC)c(C)c4C(=O)[C@@H]3C(=O)OC)[C@@H](CCC(=O)O)[C@@H]2C)NC1=O. The molecule has 1 aromatic heterocycles. The molecule has 45 heavy (non-hydrogen) atoms. The number of nitrogens with one attached hydrogen (secondary N) is 3. The first-order valence-corrected chi connectivity index (χ1v) is 15.4. The molecular weight excluding hydrogens is 576 g/mol. The molecule has 5 rings (SSSR count). The molecule has 4 aliphatic rings. The second-order valence-corrected chi connectivity index (χ2v) is 12.3. The zero-order valence-corrected chi connectivity index (χ0v) is 26.6. The van der Waals surface area contributed by atoms with Crippen LogP contribution in [0.3, 0.4) is 0 Å². The van der Waals surface area contributed by atoms with Crippen LogP contribution in [0.4, 0.5) is 0 Å². The number of aromatic amines is 1. The average molecular weight is 617 g/mol. The van der Waals surface area contributed by atoms with Gasteiger partial charge in [-0.05, 0) is 50.3 Å². The van der Waals surface area contributed by atoms with E-state index in [0.717, 1.165) is 22.6 Å². The van der Waals surface area contributed by atoms with Crippen molar-refractivity contribution in [3.63, 3.8) is 0 Å². The number of hydrogen-bond donors (Lipinski definition) is 4. The Hall–Kier alpha value is -4.54. The van der Waals surface area contributed by atoms with Crippen LogP contribution < -0.4 is 10.6 Å². The van der Waals surface area contributed by atoms with E-state index in [4.69, 9.17) is 9.73 Å². The van der Waals surface area contributed by atoms with Gasteiger partial charge in [0.25, 0.3) is 5.91 Å². The van der Waals surface area contributed by atoms with Gasteiger partial charge in [-0.2, -0.15) is 0 Å². The summed E-state index contributed by atoms with van der Waals surface area (Å²) in [5.74, 6) is -4.25. The number of ketones is 1. The maximum Gasteiger partial charge on any atom is 0.321 e. The molecule has 0 fully saturated rings. The van der Waals surface area contributed by atoms with Crippen LogP contribution in [-0.2, 0) is 30.3 Å². The molecular formula is C34H40N4O7. The molecule has 2 unspecified atom stereocenters. The first-order valence-electron chi connectivity index (χ1n) is 15.4. The molecule has 238 valence electrons. The molecule has 1 aromatic rings. The number of aliphatic imine (C=N–C) groups is 1. The minimum atomic E-state index is -1.25. The number of ether oxygens (including phenoxy) is 1. The quantitative estimate of drug-likeness (QED) is 0.229. The summed E-state index contributed by atoms with van der Waals surface area (Å²) >= 11 is 0. The number of carbonyl (C=O) groups is 5. The molecule has 0 saturated heterocycles. The van der Waals surface area contributed by atoms with Gasteiger partial charge in [-0.15, -0.1) is 0 Å². The van der Waals surface area contributed by atoms with Crippen molar-refractivity contribution >= 4 is 40.8 Å². The topological polar surface area (TPSA) is 167 Å². The number of rotatable bonds is 10. The highest BCUT2D eigenvalue weighted by molar-refractivity contribution is 6.24. The van der Waals surface area contributed by atoms with Crippen LogP contribution >= 0.6 is 0 Å².